The Bertz CT molecular complexity index is 417. The molecule has 1 atom stereocenters. The first kappa shape index (κ1) is 17.1. The Morgan fingerprint density at radius 3 is 2.45 bits per heavy atom. The van der Waals surface area contributed by atoms with Crippen LogP contribution in [0.15, 0.2) is 29.2 Å². The molecule has 1 aromatic carbocycles. The van der Waals surface area contributed by atoms with Crippen molar-refractivity contribution in [3.8, 4) is 0 Å². The van der Waals surface area contributed by atoms with E-state index in [4.69, 9.17) is 5.73 Å². The van der Waals surface area contributed by atoms with Gasteiger partial charge in [-0.2, -0.15) is 0 Å². The number of amides is 1. The molecule has 0 bridgehead atoms. The zero-order chi connectivity index (χ0) is 15.1. The summed E-state index contributed by atoms with van der Waals surface area (Å²) in [6.07, 6.45) is 0.856. The smallest absolute Gasteiger partial charge is 0.232 e. The largest absolute Gasteiger partial charge is 0.345 e. The van der Waals surface area contributed by atoms with E-state index in [1.54, 1.807) is 16.7 Å². The molecule has 0 aliphatic rings. The SMILES string of the molecule is Cc1ccc(SCC(=O)N(C)CCC(N)C(C)C)cc1. The van der Waals surface area contributed by atoms with Crippen molar-refractivity contribution in [2.45, 2.75) is 38.1 Å². The number of aryl methyl sites for hydroxylation is 1. The zero-order valence-electron chi connectivity index (χ0n) is 12.9. The van der Waals surface area contributed by atoms with Crippen LogP contribution in [0.2, 0.25) is 0 Å². The molecule has 20 heavy (non-hydrogen) atoms. The Hall–Kier alpha value is -1.00. The molecule has 0 fully saturated rings. The Kier molecular flexibility index (Phi) is 7.10. The number of benzene rings is 1. The highest BCUT2D eigenvalue weighted by Crippen LogP contribution is 2.18. The average Bonchev–Trinajstić information content (AvgIpc) is 2.43. The van der Waals surface area contributed by atoms with Gasteiger partial charge in [0.05, 0.1) is 5.75 Å². The van der Waals surface area contributed by atoms with Crippen molar-refractivity contribution >= 4 is 17.7 Å². The molecule has 0 aliphatic heterocycles. The molecule has 0 saturated carbocycles. The van der Waals surface area contributed by atoms with Gasteiger partial charge in [-0.25, -0.2) is 0 Å². The minimum atomic E-state index is 0.159. The van der Waals surface area contributed by atoms with Gasteiger partial charge in [0.1, 0.15) is 0 Å². The standard InChI is InChI=1S/C16H26N2OS/c1-12(2)15(17)9-10-18(4)16(19)11-20-14-7-5-13(3)6-8-14/h5-8,12,15H,9-11,17H2,1-4H3. The van der Waals surface area contributed by atoms with E-state index in [0.29, 0.717) is 11.7 Å². The minimum Gasteiger partial charge on any atom is -0.345 e. The van der Waals surface area contributed by atoms with Crippen LogP contribution in [-0.4, -0.2) is 36.2 Å². The van der Waals surface area contributed by atoms with E-state index in [-0.39, 0.29) is 11.9 Å². The van der Waals surface area contributed by atoms with Crippen LogP contribution in [0.5, 0.6) is 0 Å². The topological polar surface area (TPSA) is 46.3 Å². The molecule has 0 aliphatic carbocycles. The highest BCUT2D eigenvalue weighted by Gasteiger charge is 2.13. The van der Waals surface area contributed by atoms with Gasteiger partial charge in [0, 0.05) is 24.5 Å². The summed E-state index contributed by atoms with van der Waals surface area (Å²) in [6.45, 7) is 7.01. The van der Waals surface area contributed by atoms with Crippen LogP contribution < -0.4 is 5.73 Å². The van der Waals surface area contributed by atoms with Crippen molar-refractivity contribution in [1.82, 2.24) is 4.90 Å². The van der Waals surface area contributed by atoms with Gasteiger partial charge in [0.2, 0.25) is 5.91 Å². The van der Waals surface area contributed by atoms with E-state index in [1.807, 2.05) is 7.05 Å². The molecule has 0 saturated heterocycles. The first-order valence-electron chi connectivity index (χ1n) is 7.09. The van der Waals surface area contributed by atoms with E-state index in [9.17, 15) is 4.79 Å². The fourth-order valence-corrected chi connectivity index (χ4v) is 2.53. The number of nitrogens with two attached hydrogens (primary N) is 1. The first-order chi connectivity index (χ1) is 9.40. The second-order valence-electron chi connectivity index (χ2n) is 5.61. The van der Waals surface area contributed by atoms with Crippen LogP contribution in [0.3, 0.4) is 0 Å². The van der Waals surface area contributed by atoms with Crippen molar-refractivity contribution in [2.75, 3.05) is 19.3 Å². The first-order valence-corrected chi connectivity index (χ1v) is 8.07. The molecule has 2 N–H and O–H groups in total. The fraction of sp³-hybridized carbons (Fsp3) is 0.562. The molecule has 4 heteroatoms. The van der Waals surface area contributed by atoms with Gasteiger partial charge < -0.3 is 10.6 Å². The molecule has 3 nitrogen and oxygen atoms in total. The summed E-state index contributed by atoms with van der Waals surface area (Å²) in [5.41, 5.74) is 7.24. The molecule has 0 spiro atoms. The highest BCUT2D eigenvalue weighted by molar-refractivity contribution is 8.00. The van der Waals surface area contributed by atoms with Crippen molar-refractivity contribution in [3.63, 3.8) is 0 Å². The number of rotatable bonds is 7. The van der Waals surface area contributed by atoms with E-state index in [1.165, 1.54) is 5.56 Å². The van der Waals surface area contributed by atoms with Crippen LogP contribution in [-0.2, 0) is 4.79 Å². The monoisotopic (exact) mass is 294 g/mol. The Labute approximate surface area is 126 Å². The van der Waals surface area contributed by atoms with Gasteiger partial charge >= 0.3 is 0 Å². The lowest BCUT2D eigenvalue weighted by molar-refractivity contribution is -0.127. The maximum absolute atomic E-state index is 12.0. The molecule has 1 rings (SSSR count). The predicted molar refractivity (Wildman–Crippen MR) is 87.0 cm³/mol. The van der Waals surface area contributed by atoms with Crippen molar-refractivity contribution in [3.05, 3.63) is 29.8 Å². The van der Waals surface area contributed by atoms with Crippen molar-refractivity contribution in [1.29, 1.82) is 0 Å². The lowest BCUT2D eigenvalue weighted by Crippen LogP contribution is -2.35. The normalized spacial score (nSPS) is 12.5. The second kappa shape index (κ2) is 8.32. The molecule has 0 radical (unpaired) electrons. The van der Waals surface area contributed by atoms with Gasteiger partial charge in [-0.3, -0.25) is 4.79 Å². The predicted octanol–water partition coefficient (Wildman–Crippen LogP) is 2.92. The highest BCUT2D eigenvalue weighted by atomic mass is 32.2. The van der Waals surface area contributed by atoms with Crippen LogP contribution in [0.1, 0.15) is 25.8 Å². The summed E-state index contributed by atoms with van der Waals surface area (Å²) in [4.78, 5) is 14.9. The quantitative estimate of drug-likeness (QED) is 0.787. The molecule has 1 unspecified atom stereocenters. The molecule has 0 aromatic heterocycles. The lowest BCUT2D eigenvalue weighted by Gasteiger charge is -2.21. The van der Waals surface area contributed by atoms with Gasteiger partial charge in [-0.05, 0) is 31.4 Å². The number of carbonyl (C=O) groups is 1. The van der Waals surface area contributed by atoms with E-state index in [2.05, 4.69) is 45.0 Å². The van der Waals surface area contributed by atoms with E-state index < -0.39 is 0 Å². The third-order valence-electron chi connectivity index (χ3n) is 3.46. The summed E-state index contributed by atoms with van der Waals surface area (Å²) in [5.74, 6) is 1.10. The molecule has 1 amide bonds. The third-order valence-corrected chi connectivity index (χ3v) is 4.46. The van der Waals surface area contributed by atoms with Crippen LogP contribution in [0.4, 0.5) is 0 Å². The average molecular weight is 294 g/mol. The fourth-order valence-electron chi connectivity index (χ4n) is 1.69. The number of hydrogen-bond donors (Lipinski definition) is 1. The molecule has 112 valence electrons. The van der Waals surface area contributed by atoms with Crippen LogP contribution >= 0.6 is 11.8 Å². The molecular weight excluding hydrogens is 268 g/mol. The molecule has 0 heterocycles. The summed E-state index contributed by atoms with van der Waals surface area (Å²) >= 11 is 1.58. The number of hydrogen-bond acceptors (Lipinski definition) is 3. The summed E-state index contributed by atoms with van der Waals surface area (Å²) in [7, 11) is 1.85. The van der Waals surface area contributed by atoms with Gasteiger partial charge in [0.15, 0.2) is 0 Å². The number of nitrogens with zero attached hydrogens (tertiary/aromatic N) is 1. The van der Waals surface area contributed by atoms with E-state index in [0.717, 1.165) is 17.9 Å². The lowest BCUT2D eigenvalue weighted by atomic mass is 10.0. The van der Waals surface area contributed by atoms with E-state index >= 15 is 0 Å². The maximum Gasteiger partial charge on any atom is 0.232 e. The summed E-state index contributed by atoms with van der Waals surface area (Å²) in [6, 6.07) is 8.41. The summed E-state index contributed by atoms with van der Waals surface area (Å²) < 4.78 is 0. The number of thioether (sulfide) groups is 1. The van der Waals surface area contributed by atoms with Gasteiger partial charge in [0.25, 0.3) is 0 Å². The second-order valence-corrected chi connectivity index (χ2v) is 6.66. The van der Waals surface area contributed by atoms with Gasteiger partial charge in [-0.1, -0.05) is 31.5 Å². The van der Waals surface area contributed by atoms with Crippen LogP contribution in [0.25, 0.3) is 0 Å². The third kappa shape index (κ3) is 5.97. The van der Waals surface area contributed by atoms with Crippen molar-refractivity contribution < 1.29 is 4.79 Å². The molecular formula is C16H26N2OS. The van der Waals surface area contributed by atoms with Crippen molar-refractivity contribution in [2.24, 2.45) is 11.7 Å². The Morgan fingerprint density at radius 2 is 1.90 bits per heavy atom. The number of carbonyl (C=O) groups excluding carboxylic acids is 1. The minimum absolute atomic E-state index is 0.159. The Balaban J connectivity index is 2.33. The van der Waals surface area contributed by atoms with Gasteiger partial charge in [-0.15, -0.1) is 11.8 Å². The maximum atomic E-state index is 12.0. The zero-order valence-corrected chi connectivity index (χ0v) is 13.7. The summed E-state index contributed by atoms with van der Waals surface area (Å²) in [5, 5.41) is 0. The van der Waals surface area contributed by atoms with Crippen LogP contribution in [0, 0.1) is 12.8 Å². The Morgan fingerprint density at radius 1 is 1.30 bits per heavy atom. The molecule has 1 aromatic rings.